The van der Waals surface area contributed by atoms with Gasteiger partial charge < -0.3 is 32.1 Å². The molecule has 12 heteroatoms. The molecule has 0 bridgehead atoms. The van der Waals surface area contributed by atoms with E-state index in [0.717, 1.165) is 0 Å². The molecule has 2 aliphatic heterocycles. The highest BCUT2D eigenvalue weighted by molar-refractivity contribution is 7.59. The first-order valence-corrected chi connectivity index (χ1v) is 8.31. The van der Waals surface area contributed by atoms with Crippen LogP contribution in [0.2, 0.25) is 0 Å². The summed E-state index contributed by atoms with van der Waals surface area (Å²) < 4.78 is 0. The predicted octanol–water partition coefficient (Wildman–Crippen LogP) is -2.76. The van der Waals surface area contributed by atoms with Crippen LogP contribution in [0.1, 0.15) is 32.1 Å². The Hall–Kier alpha value is -1.50. The van der Waals surface area contributed by atoms with E-state index in [2.05, 4.69) is 0 Å². The minimum absolute atomic E-state index is 0. The molecule has 0 radical (unpaired) electrons. The SMILES string of the molecule is NC(=O)CC[C@H](N)C(=O)N1CCCC12CCN([C@@H](CO)C(N)=O)C2=O.S.S. The molecule has 2 aliphatic rings. The normalized spacial score (nSPS) is 23.6. The van der Waals surface area contributed by atoms with Crippen molar-refractivity contribution in [3.8, 4) is 0 Å². The third-order valence-corrected chi connectivity index (χ3v) is 5.08. The second-order valence-electron chi connectivity index (χ2n) is 6.59. The molecular weight excluding hydrogens is 394 g/mol. The minimum Gasteiger partial charge on any atom is -0.394 e. The van der Waals surface area contributed by atoms with Gasteiger partial charge in [-0.25, -0.2) is 0 Å². The number of nitrogens with two attached hydrogens (primary N) is 3. The molecule has 0 aromatic carbocycles. The number of amides is 4. The maximum atomic E-state index is 12.9. The van der Waals surface area contributed by atoms with Crippen molar-refractivity contribution in [1.29, 1.82) is 0 Å². The summed E-state index contributed by atoms with van der Waals surface area (Å²) in [6.45, 7) is 0.0412. The lowest BCUT2D eigenvalue weighted by molar-refractivity contribution is -0.150. The zero-order valence-corrected chi connectivity index (χ0v) is 17.0. The number of rotatable bonds is 7. The van der Waals surface area contributed by atoms with Gasteiger partial charge in [-0.05, 0) is 25.7 Å². The quantitative estimate of drug-likeness (QED) is 0.345. The first-order chi connectivity index (χ1) is 11.7. The summed E-state index contributed by atoms with van der Waals surface area (Å²) in [6.07, 6.45) is 1.55. The Morgan fingerprint density at radius 1 is 1.15 bits per heavy atom. The van der Waals surface area contributed by atoms with Crippen LogP contribution < -0.4 is 17.2 Å². The summed E-state index contributed by atoms with van der Waals surface area (Å²) in [4.78, 5) is 50.7. The van der Waals surface area contributed by atoms with Crippen molar-refractivity contribution >= 4 is 50.6 Å². The predicted molar refractivity (Wildman–Crippen MR) is 107 cm³/mol. The van der Waals surface area contributed by atoms with Crippen LogP contribution in [0.3, 0.4) is 0 Å². The van der Waals surface area contributed by atoms with Gasteiger partial charge in [-0.2, -0.15) is 27.0 Å². The van der Waals surface area contributed by atoms with Gasteiger partial charge in [0.15, 0.2) is 0 Å². The number of carbonyl (C=O) groups excluding carboxylic acids is 4. The molecule has 27 heavy (non-hydrogen) atoms. The zero-order valence-electron chi connectivity index (χ0n) is 15.0. The van der Waals surface area contributed by atoms with Gasteiger partial charge in [0.2, 0.25) is 23.6 Å². The molecule has 0 aliphatic carbocycles. The molecule has 0 aromatic rings. The average molecular weight is 424 g/mol. The second-order valence-corrected chi connectivity index (χ2v) is 6.59. The summed E-state index contributed by atoms with van der Waals surface area (Å²) in [5, 5.41) is 9.35. The number of hydrogen-bond acceptors (Lipinski definition) is 6. The zero-order chi connectivity index (χ0) is 18.8. The Labute approximate surface area is 171 Å². The second kappa shape index (κ2) is 10.2. The first kappa shape index (κ1) is 25.5. The topological polar surface area (TPSA) is 173 Å². The molecule has 1 spiro atoms. The molecule has 2 heterocycles. The monoisotopic (exact) mass is 423 g/mol. The van der Waals surface area contributed by atoms with Gasteiger partial charge >= 0.3 is 0 Å². The average Bonchev–Trinajstić information content (AvgIpc) is 3.12. The van der Waals surface area contributed by atoms with Crippen molar-refractivity contribution in [2.24, 2.45) is 17.2 Å². The molecule has 10 nitrogen and oxygen atoms in total. The molecule has 156 valence electrons. The van der Waals surface area contributed by atoms with Crippen molar-refractivity contribution in [3.63, 3.8) is 0 Å². The van der Waals surface area contributed by atoms with Gasteiger partial charge in [-0.15, -0.1) is 0 Å². The Morgan fingerprint density at radius 2 is 1.78 bits per heavy atom. The highest BCUT2D eigenvalue weighted by Crippen LogP contribution is 2.39. The number of aliphatic hydroxyl groups excluding tert-OH is 1. The van der Waals surface area contributed by atoms with E-state index >= 15 is 0 Å². The van der Waals surface area contributed by atoms with Crippen LogP contribution in [-0.4, -0.2) is 75.9 Å². The molecule has 0 saturated carbocycles. The van der Waals surface area contributed by atoms with Crippen LogP contribution >= 0.6 is 27.0 Å². The van der Waals surface area contributed by atoms with E-state index in [9.17, 15) is 24.3 Å². The molecule has 2 saturated heterocycles. The van der Waals surface area contributed by atoms with Crippen molar-refractivity contribution in [1.82, 2.24) is 9.80 Å². The van der Waals surface area contributed by atoms with Crippen molar-refractivity contribution < 1.29 is 24.3 Å². The number of likely N-dealkylation sites (tertiary alicyclic amines) is 2. The Balaban J connectivity index is 0.00000338. The fraction of sp³-hybridized carbons (Fsp3) is 0.733. The summed E-state index contributed by atoms with van der Waals surface area (Å²) >= 11 is 0. The lowest BCUT2D eigenvalue weighted by Crippen LogP contribution is -2.58. The third kappa shape index (κ3) is 4.86. The molecule has 1 unspecified atom stereocenters. The van der Waals surface area contributed by atoms with Crippen molar-refractivity contribution in [2.75, 3.05) is 19.7 Å². The fourth-order valence-electron chi connectivity index (χ4n) is 3.72. The molecule has 7 N–H and O–H groups in total. The number of hydrogen-bond donors (Lipinski definition) is 4. The number of nitrogens with zero attached hydrogens (tertiary/aromatic N) is 2. The van der Waals surface area contributed by atoms with E-state index in [1.165, 1.54) is 9.80 Å². The standard InChI is InChI=1S/C15H25N5O5.2H2S/c16-9(2-3-11(17)22)13(24)20-6-1-4-15(20)5-7-19(14(15)25)10(8-21)12(18)23;;/h9-10,21H,1-8,16H2,(H2,17,22)(H2,18,23);2*1H2/t9-,10-,15?;;/m0../s1. The summed E-state index contributed by atoms with van der Waals surface area (Å²) in [7, 11) is 0. The van der Waals surface area contributed by atoms with Crippen LogP contribution in [-0.2, 0) is 19.2 Å². The van der Waals surface area contributed by atoms with E-state index in [1.807, 2.05) is 0 Å². The Morgan fingerprint density at radius 3 is 2.30 bits per heavy atom. The molecule has 3 atom stereocenters. The lowest BCUT2D eigenvalue weighted by atomic mass is 9.93. The summed E-state index contributed by atoms with van der Waals surface area (Å²) in [6, 6.07) is -2.03. The fourth-order valence-corrected chi connectivity index (χ4v) is 3.72. The van der Waals surface area contributed by atoms with Gasteiger partial charge in [0, 0.05) is 19.5 Å². The summed E-state index contributed by atoms with van der Waals surface area (Å²) in [5.74, 6) is -2.14. The van der Waals surface area contributed by atoms with Gasteiger partial charge in [-0.3, -0.25) is 19.2 Å². The molecule has 2 fully saturated rings. The van der Waals surface area contributed by atoms with E-state index in [-0.39, 0.29) is 46.4 Å². The Bertz CT molecular complexity index is 593. The van der Waals surface area contributed by atoms with E-state index in [1.54, 1.807) is 0 Å². The van der Waals surface area contributed by atoms with Crippen LogP contribution in [0.15, 0.2) is 0 Å². The van der Waals surface area contributed by atoms with Crippen molar-refractivity contribution in [2.45, 2.75) is 49.7 Å². The van der Waals surface area contributed by atoms with Crippen LogP contribution in [0.5, 0.6) is 0 Å². The van der Waals surface area contributed by atoms with Crippen LogP contribution in [0.25, 0.3) is 0 Å². The number of primary amides is 2. The van der Waals surface area contributed by atoms with Gasteiger partial charge in [0.05, 0.1) is 12.6 Å². The van der Waals surface area contributed by atoms with Gasteiger partial charge in [-0.1, -0.05) is 0 Å². The molecular formula is C15H29N5O5S2. The number of carbonyl (C=O) groups is 4. The molecule has 2 rings (SSSR count). The highest BCUT2D eigenvalue weighted by Gasteiger charge is 2.56. The molecule has 4 amide bonds. The Kier molecular flexibility index (Phi) is 9.59. The lowest BCUT2D eigenvalue weighted by Gasteiger charge is -2.35. The molecule has 0 aromatic heterocycles. The van der Waals surface area contributed by atoms with Crippen LogP contribution in [0, 0.1) is 0 Å². The maximum absolute atomic E-state index is 12.9. The van der Waals surface area contributed by atoms with E-state index < -0.39 is 47.9 Å². The van der Waals surface area contributed by atoms with E-state index in [0.29, 0.717) is 25.8 Å². The van der Waals surface area contributed by atoms with Gasteiger partial charge in [0.25, 0.3) is 0 Å². The first-order valence-electron chi connectivity index (χ1n) is 8.31. The van der Waals surface area contributed by atoms with Gasteiger partial charge in [0.1, 0.15) is 11.6 Å². The van der Waals surface area contributed by atoms with Crippen LogP contribution in [0.4, 0.5) is 0 Å². The van der Waals surface area contributed by atoms with Crippen molar-refractivity contribution in [3.05, 3.63) is 0 Å². The number of aliphatic hydroxyl groups is 1. The maximum Gasteiger partial charge on any atom is 0.249 e. The van der Waals surface area contributed by atoms with E-state index in [4.69, 9.17) is 17.2 Å². The highest BCUT2D eigenvalue weighted by atomic mass is 32.1. The largest absolute Gasteiger partial charge is 0.394 e. The summed E-state index contributed by atoms with van der Waals surface area (Å²) in [5.41, 5.74) is 15.2. The smallest absolute Gasteiger partial charge is 0.249 e. The third-order valence-electron chi connectivity index (χ3n) is 5.08. The minimum atomic E-state index is -1.10.